The molecule has 1 aliphatic carbocycles. The lowest BCUT2D eigenvalue weighted by molar-refractivity contribution is -0.115. The lowest BCUT2D eigenvalue weighted by Crippen LogP contribution is -1.99. The average Bonchev–Trinajstić information content (AvgIpc) is 2.46. The van der Waals surface area contributed by atoms with Crippen molar-refractivity contribution in [2.75, 3.05) is 0 Å². The predicted molar refractivity (Wildman–Crippen MR) is 60.3 cm³/mol. The van der Waals surface area contributed by atoms with Gasteiger partial charge < -0.3 is 0 Å². The number of pyridine rings is 1. The van der Waals surface area contributed by atoms with Gasteiger partial charge in [-0.1, -0.05) is 12.5 Å². The number of rotatable bonds is 1. The SMILES string of the molecule is O=C1CCCCC/C1=C\c1ccccn1. The van der Waals surface area contributed by atoms with Gasteiger partial charge in [-0.05, 0) is 43.0 Å². The summed E-state index contributed by atoms with van der Waals surface area (Å²) in [4.78, 5) is 15.9. The summed E-state index contributed by atoms with van der Waals surface area (Å²) in [6.45, 7) is 0. The van der Waals surface area contributed by atoms with Crippen LogP contribution in [0, 0.1) is 0 Å². The van der Waals surface area contributed by atoms with E-state index in [2.05, 4.69) is 4.98 Å². The van der Waals surface area contributed by atoms with Gasteiger partial charge in [-0.2, -0.15) is 0 Å². The molecule has 0 aromatic carbocycles. The highest BCUT2D eigenvalue weighted by Crippen LogP contribution is 2.20. The second-order valence-corrected chi connectivity index (χ2v) is 3.91. The zero-order valence-electron chi connectivity index (χ0n) is 8.78. The molecule has 1 fully saturated rings. The predicted octanol–water partition coefficient (Wildman–Crippen LogP) is 3.00. The Hall–Kier alpha value is -1.44. The molecule has 1 saturated carbocycles. The summed E-state index contributed by atoms with van der Waals surface area (Å²) < 4.78 is 0. The van der Waals surface area contributed by atoms with Crippen LogP contribution in [-0.2, 0) is 4.79 Å². The van der Waals surface area contributed by atoms with Gasteiger partial charge in [0.1, 0.15) is 0 Å². The first-order valence-electron chi connectivity index (χ1n) is 5.51. The van der Waals surface area contributed by atoms with Crippen LogP contribution in [0.2, 0.25) is 0 Å². The van der Waals surface area contributed by atoms with Gasteiger partial charge in [0.05, 0.1) is 5.69 Å². The minimum absolute atomic E-state index is 0.304. The van der Waals surface area contributed by atoms with Gasteiger partial charge in [0.25, 0.3) is 0 Å². The summed E-state index contributed by atoms with van der Waals surface area (Å²) in [6.07, 6.45) is 8.66. The van der Waals surface area contributed by atoms with E-state index in [0.717, 1.165) is 30.5 Å². The molecule has 0 amide bonds. The Bertz CT molecular complexity index is 367. The van der Waals surface area contributed by atoms with Crippen LogP contribution in [-0.4, -0.2) is 10.8 Å². The normalized spacial score (nSPS) is 20.3. The van der Waals surface area contributed by atoms with Crippen LogP contribution in [0.3, 0.4) is 0 Å². The fourth-order valence-corrected chi connectivity index (χ4v) is 1.87. The number of hydrogen-bond donors (Lipinski definition) is 0. The van der Waals surface area contributed by atoms with Crippen molar-refractivity contribution < 1.29 is 4.79 Å². The maximum Gasteiger partial charge on any atom is 0.158 e. The van der Waals surface area contributed by atoms with Gasteiger partial charge in [-0.25, -0.2) is 0 Å². The fraction of sp³-hybridized carbons (Fsp3) is 0.385. The molecule has 15 heavy (non-hydrogen) atoms. The first-order valence-corrected chi connectivity index (χ1v) is 5.51. The van der Waals surface area contributed by atoms with Crippen molar-refractivity contribution in [1.29, 1.82) is 0 Å². The highest BCUT2D eigenvalue weighted by molar-refractivity contribution is 5.99. The average molecular weight is 201 g/mol. The fourth-order valence-electron chi connectivity index (χ4n) is 1.87. The van der Waals surface area contributed by atoms with Gasteiger partial charge in [0.2, 0.25) is 0 Å². The summed E-state index contributed by atoms with van der Waals surface area (Å²) in [5.41, 5.74) is 1.84. The summed E-state index contributed by atoms with van der Waals surface area (Å²) in [5.74, 6) is 0.304. The molecule has 0 N–H and O–H groups in total. The zero-order valence-corrected chi connectivity index (χ0v) is 8.78. The molecule has 2 heteroatoms. The van der Waals surface area contributed by atoms with Crippen molar-refractivity contribution >= 4 is 11.9 Å². The van der Waals surface area contributed by atoms with E-state index in [9.17, 15) is 4.79 Å². The van der Waals surface area contributed by atoms with Crippen molar-refractivity contribution in [1.82, 2.24) is 4.98 Å². The first-order chi connectivity index (χ1) is 7.36. The molecule has 0 saturated heterocycles. The van der Waals surface area contributed by atoms with Gasteiger partial charge >= 0.3 is 0 Å². The first kappa shape index (κ1) is 10.1. The number of nitrogens with zero attached hydrogens (tertiary/aromatic N) is 1. The van der Waals surface area contributed by atoms with Crippen molar-refractivity contribution in [3.8, 4) is 0 Å². The maximum absolute atomic E-state index is 11.7. The molecule has 1 heterocycles. The summed E-state index contributed by atoms with van der Waals surface area (Å²) in [6, 6.07) is 5.77. The van der Waals surface area contributed by atoms with E-state index in [4.69, 9.17) is 0 Å². The number of allylic oxidation sites excluding steroid dienone is 1. The quantitative estimate of drug-likeness (QED) is 0.516. The molecule has 0 radical (unpaired) electrons. The topological polar surface area (TPSA) is 30.0 Å². The molecule has 78 valence electrons. The molecule has 2 rings (SSSR count). The number of aromatic nitrogens is 1. The lowest BCUT2D eigenvalue weighted by atomic mass is 10.1. The summed E-state index contributed by atoms with van der Waals surface area (Å²) >= 11 is 0. The molecule has 2 nitrogen and oxygen atoms in total. The molecule has 0 atom stereocenters. The van der Waals surface area contributed by atoms with E-state index in [0.29, 0.717) is 12.2 Å². The number of Topliss-reactive ketones (excluding diaryl/α,β-unsaturated/α-hetero) is 1. The van der Waals surface area contributed by atoms with Crippen LogP contribution < -0.4 is 0 Å². The second-order valence-electron chi connectivity index (χ2n) is 3.91. The smallest absolute Gasteiger partial charge is 0.158 e. The minimum atomic E-state index is 0.304. The number of carbonyl (C=O) groups is 1. The Labute approximate surface area is 90.0 Å². The van der Waals surface area contributed by atoms with Gasteiger partial charge in [-0.15, -0.1) is 0 Å². The number of carbonyl (C=O) groups excluding carboxylic acids is 1. The highest BCUT2D eigenvalue weighted by Gasteiger charge is 2.13. The van der Waals surface area contributed by atoms with E-state index < -0.39 is 0 Å². The van der Waals surface area contributed by atoms with E-state index >= 15 is 0 Å². The van der Waals surface area contributed by atoms with Crippen molar-refractivity contribution in [2.45, 2.75) is 32.1 Å². The molecular formula is C13H15NO. The molecule has 1 aliphatic rings. The van der Waals surface area contributed by atoms with Gasteiger partial charge in [0, 0.05) is 12.6 Å². The molecule has 1 aromatic rings. The van der Waals surface area contributed by atoms with E-state index in [-0.39, 0.29) is 0 Å². The van der Waals surface area contributed by atoms with Crippen LogP contribution in [0.15, 0.2) is 30.0 Å². The third-order valence-corrected chi connectivity index (χ3v) is 2.72. The molecule has 0 aliphatic heterocycles. The Balaban J connectivity index is 2.20. The molecular weight excluding hydrogens is 186 g/mol. The minimum Gasteiger partial charge on any atom is -0.295 e. The third kappa shape index (κ3) is 2.75. The maximum atomic E-state index is 11.7. The Morgan fingerprint density at radius 1 is 1.13 bits per heavy atom. The largest absolute Gasteiger partial charge is 0.295 e. The van der Waals surface area contributed by atoms with Crippen LogP contribution in [0.1, 0.15) is 37.8 Å². The molecule has 0 unspecified atom stereocenters. The van der Waals surface area contributed by atoms with Crippen molar-refractivity contribution in [2.24, 2.45) is 0 Å². The van der Waals surface area contributed by atoms with Crippen LogP contribution in [0.25, 0.3) is 6.08 Å². The highest BCUT2D eigenvalue weighted by atomic mass is 16.1. The second kappa shape index (κ2) is 4.87. The number of ketones is 1. The Kier molecular flexibility index (Phi) is 3.28. The zero-order chi connectivity index (χ0) is 10.5. The van der Waals surface area contributed by atoms with E-state index in [1.807, 2.05) is 24.3 Å². The molecule has 1 aromatic heterocycles. The lowest BCUT2D eigenvalue weighted by Gasteiger charge is -2.00. The van der Waals surface area contributed by atoms with Crippen molar-refractivity contribution in [3.05, 3.63) is 35.7 Å². The third-order valence-electron chi connectivity index (χ3n) is 2.72. The monoisotopic (exact) mass is 201 g/mol. The van der Waals surface area contributed by atoms with Gasteiger partial charge in [0.15, 0.2) is 5.78 Å². The van der Waals surface area contributed by atoms with Gasteiger partial charge in [-0.3, -0.25) is 9.78 Å². The van der Waals surface area contributed by atoms with Crippen molar-refractivity contribution in [3.63, 3.8) is 0 Å². The summed E-state index contributed by atoms with van der Waals surface area (Å²) in [5, 5.41) is 0. The van der Waals surface area contributed by atoms with Crippen LogP contribution in [0.5, 0.6) is 0 Å². The summed E-state index contributed by atoms with van der Waals surface area (Å²) in [7, 11) is 0. The van der Waals surface area contributed by atoms with Crippen LogP contribution in [0.4, 0.5) is 0 Å². The molecule has 0 spiro atoms. The van der Waals surface area contributed by atoms with Crippen LogP contribution >= 0.6 is 0 Å². The van der Waals surface area contributed by atoms with E-state index in [1.54, 1.807) is 6.20 Å². The Morgan fingerprint density at radius 2 is 2.00 bits per heavy atom. The standard InChI is InChI=1S/C13H15NO/c15-13-8-3-1-2-6-11(13)10-12-7-4-5-9-14-12/h4-5,7,9-10H,1-3,6,8H2/b11-10+. The van der Waals surface area contributed by atoms with E-state index in [1.165, 1.54) is 6.42 Å². The Morgan fingerprint density at radius 3 is 2.80 bits per heavy atom. The molecule has 0 bridgehead atoms. The number of hydrogen-bond acceptors (Lipinski definition) is 2.